The Kier molecular flexibility index (Phi) is 7.49. The molecule has 0 spiro atoms. The van der Waals surface area contributed by atoms with Gasteiger partial charge in [-0.2, -0.15) is 13.2 Å². The first-order chi connectivity index (χ1) is 18.5. The second-order valence-corrected chi connectivity index (χ2v) is 11.2. The van der Waals surface area contributed by atoms with Gasteiger partial charge < -0.3 is 20.3 Å². The van der Waals surface area contributed by atoms with Crippen molar-refractivity contribution in [3.63, 3.8) is 0 Å². The van der Waals surface area contributed by atoms with E-state index in [1.807, 2.05) is 0 Å². The van der Waals surface area contributed by atoms with E-state index >= 15 is 0 Å². The third-order valence-corrected chi connectivity index (χ3v) is 8.79. The van der Waals surface area contributed by atoms with E-state index in [0.29, 0.717) is 25.7 Å². The molecule has 2 aliphatic carbocycles. The van der Waals surface area contributed by atoms with Gasteiger partial charge in [0.15, 0.2) is 5.78 Å². The van der Waals surface area contributed by atoms with Crippen LogP contribution in [0.15, 0.2) is 18.2 Å². The van der Waals surface area contributed by atoms with Gasteiger partial charge in [-0.05, 0) is 62.1 Å². The van der Waals surface area contributed by atoms with Crippen LogP contribution in [0.5, 0.6) is 0 Å². The quantitative estimate of drug-likeness (QED) is 0.469. The van der Waals surface area contributed by atoms with E-state index in [4.69, 9.17) is 11.6 Å². The van der Waals surface area contributed by atoms with Crippen LogP contribution in [-0.2, 0) is 20.6 Å². The van der Waals surface area contributed by atoms with E-state index in [1.165, 1.54) is 11.0 Å². The van der Waals surface area contributed by atoms with Crippen LogP contribution in [0.2, 0.25) is 5.02 Å². The van der Waals surface area contributed by atoms with Gasteiger partial charge in [-0.15, -0.1) is 0 Å². The molecule has 0 bridgehead atoms. The lowest BCUT2D eigenvalue weighted by molar-refractivity contribution is -0.137. The number of likely N-dealkylation sites (tertiary alicyclic amines) is 1. The molecule has 2 saturated carbocycles. The molecule has 1 aromatic heterocycles. The highest BCUT2D eigenvalue weighted by Gasteiger charge is 2.50. The molecule has 0 radical (unpaired) electrons. The smallest absolute Gasteiger partial charge is 0.389 e. The van der Waals surface area contributed by atoms with Gasteiger partial charge in [0, 0.05) is 29.8 Å². The van der Waals surface area contributed by atoms with Crippen LogP contribution in [0.4, 0.5) is 13.2 Å². The number of benzene rings is 1. The van der Waals surface area contributed by atoms with Crippen LogP contribution in [0, 0.1) is 17.8 Å². The van der Waals surface area contributed by atoms with E-state index in [9.17, 15) is 37.5 Å². The summed E-state index contributed by atoms with van der Waals surface area (Å²) >= 11 is 6.10. The number of halogens is 4. The first-order valence-corrected chi connectivity index (χ1v) is 13.5. The molecule has 0 unspecified atom stereocenters. The summed E-state index contributed by atoms with van der Waals surface area (Å²) < 4.78 is 39.8. The summed E-state index contributed by atoms with van der Waals surface area (Å²) in [7, 11) is 0. The first-order valence-electron chi connectivity index (χ1n) is 13.1. The number of aliphatic hydroxyl groups is 1. The average molecular weight is 568 g/mol. The van der Waals surface area contributed by atoms with Crippen molar-refractivity contribution in [2.24, 2.45) is 17.8 Å². The molecule has 2 amide bonds. The maximum absolute atomic E-state index is 13.7. The summed E-state index contributed by atoms with van der Waals surface area (Å²) in [6, 6.07) is 1.12. The van der Waals surface area contributed by atoms with Crippen LogP contribution < -0.4 is 5.32 Å². The number of aromatic amines is 1. The number of nitrogens with one attached hydrogen (secondary N) is 2. The van der Waals surface area contributed by atoms with E-state index in [1.54, 1.807) is 0 Å². The molecule has 1 saturated heterocycles. The lowest BCUT2D eigenvalue weighted by Gasteiger charge is -2.29. The minimum Gasteiger partial charge on any atom is -0.389 e. The van der Waals surface area contributed by atoms with Gasteiger partial charge in [-0.25, -0.2) is 0 Å². The van der Waals surface area contributed by atoms with Crippen LogP contribution in [-0.4, -0.2) is 63.6 Å². The van der Waals surface area contributed by atoms with Gasteiger partial charge >= 0.3 is 6.18 Å². The van der Waals surface area contributed by atoms with Crippen LogP contribution >= 0.6 is 11.6 Å². The van der Waals surface area contributed by atoms with Crippen molar-refractivity contribution in [2.75, 3.05) is 13.2 Å². The molecular weight excluding hydrogens is 539 g/mol. The van der Waals surface area contributed by atoms with Crippen molar-refractivity contribution >= 4 is 45.9 Å². The Labute approximate surface area is 227 Å². The summed E-state index contributed by atoms with van der Waals surface area (Å²) in [4.78, 5) is 56.1. The van der Waals surface area contributed by atoms with Gasteiger partial charge in [0.2, 0.25) is 5.91 Å². The summed E-state index contributed by atoms with van der Waals surface area (Å²) in [5.41, 5.74) is -0.897. The van der Waals surface area contributed by atoms with Crippen molar-refractivity contribution in [1.82, 2.24) is 15.2 Å². The summed E-state index contributed by atoms with van der Waals surface area (Å²) in [6.45, 7) is -0.501. The van der Waals surface area contributed by atoms with Gasteiger partial charge in [-0.3, -0.25) is 19.2 Å². The Morgan fingerprint density at radius 2 is 1.92 bits per heavy atom. The number of rotatable bonds is 7. The summed E-state index contributed by atoms with van der Waals surface area (Å²) in [5, 5.41) is 12.3. The zero-order chi connectivity index (χ0) is 28.1. The summed E-state index contributed by atoms with van der Waals surface area (Å²) in [5.74, 6) is -2.11. The molecule has 1 aromatic carbocycles. The number of amides is 2. The van der Waals surface area contributed by atoms with Gasteiger partial charge in [-0.1, -0.05) is 18.0 Å². The van der Waals surface area contributed by atoms with Crippen molar-refractivity contribution < 1.29 is 37.5 Å². The van der Waals surface area contributed by atoms with E-state index < -0.39 is 48.0 Å². The predicted molar refractivity (Wildman–Crippen MR) is 135 cm³/mol. The normalized spacial score (nSPS) is 25.8. The SMILES string of the molecule is O=C1CCC[C@H]1C[C@H](NC(=O)[C@@H]1[C@H]2CCC[C@H]2CN1C(=O)c1cc2c(Cl)cc(C(F)(F)F)cc2[nH]1)C(=O)CO. The van der Waals surface area contributed by atoms with Crippen molar-refractivity contribution in [3.05, 3.63) is 34.5 Å². The maximum atomic E-state index is 13.7. The fourth-order valence-electron chi connectivity index (χ4n) is 6.54. The van der Waals surface area contributed by atoms with E-state index in [-0.39, 0.29) is 58.1 Å². The van der Waals surface area contributed by atoms with Crippen LogP contribution in [0.1, 0.15) is 61.0 Å². The van der Waals surface area contributed by atoms with Gasteiger partial charge in [0.05, 0.1) is 16.6 Å². The highest BCUT2D eigenvalue weighted by molar-refractivity contribution is 6.35. The molecule has 8 nitrogen and oxygen atoms in total. The average Bonchev–Trinajstić information content (AvgIpc) is 3.66. The fourth-order valence-corrected chi connectivity index (χ4v) is 6.81. The van der Waals surface area contributed by atoms with Crippen LogP contribution in [0.3, 0.4) is 0 Å². The number of aromatic nitrogens is 1. The number of ketones is 2. The highest BCUT2D eigenvalue weighted by Crippen LogP contribution is 2.43. The Morgan fingerprint density at radius 1 is 1.15 bits per heavy atom. The lowest BCUT2D eigenvalue weighted by Crippen LogP contribution is -2.53. The number of carbonyl (C=O) groups excluding carboxylic acids is 4. The molecule has 39 heavy (non-hydrogen) atoms. The highest BCUT2D eigenvalue weighted by atomic mass is 35.5. The number of Topliss-reactive ketones (excluding diaryl/α,β-unsaturated/α-hetero) is 2. The van der Waals surface area contributed by atoms with Gasteiger partial charge in [0.1, 0.15) is 24.1 Å². The van der Waals surface area contributed by atoms with Crippen molar-refractivity contribution in [1.29, 1.82) is 0 Å². The molecule has 3 N–H and O–H groups in total. The predicted octanol–water partition coefficient (Wildman–Crippen LogP) is 3.89. The number of carbonyl (C=O) groups is 4. The molecule has 2 aromatic rings. The Morgan fingerprint density at radius 3 is 2.59 bits per heavy atom. The Balaban J connectivity index is 1.41. The number of fused-ring (bicyclic) bond motifs is 2. The number of hydrogen-bond donors (Lipinski definition) is 3. The third-order valence-electron chi connectivity index (χ3n) is 8.48. The molecule has 3 aliphatic rings. The third kappa shape index (κ3) is 5.30. The topological polar surface area (TPSA) is 120 Å². The zero-order valence-electron chi connectivity index (χ0n) is 21.0. The number of alkyl halides is 3. The number of nitrogens with zero attached hydrogens (tertiary/aromatic N) is 1. The molecule has 5 rings (SSSR count). The maximum Gasteiger partial charge on any atom is 0.416 e. The Hall–Kier alpha value is -2.92. The standard InChI is InChI=1S/C27H29ClF3N3O5/c28-18-8-15(27(29,30)31)9-19-17(18)10-21(32-19)26(39)34-11-14-4-1-5-16(14)24(34)25(38)33-20(23(37)12-35)7-13-3-2-6-22(13)36/h8-10,13-14,16,20,24,32,35H,1-7,11-12H2,(H,33,38)/t13-,14-,16-,20-,24-/m0/s1. The number of hydrogen-bond acceptors (Lipinski definition) is 5. The van der Waals surface area contributed by atoms with E-state index in [0.717, 1.165) is 25.0 Å². The van der Waals surface area contributed by atoms with E-state index in [2.05, 4.69) is 10.3 Å². The number of aliphatic hydroxyl groups excluding tert-OH is 1. The second-order valence-electron chi connectivity index (χ2n) is 10.8. The monoisotopic (exact) mass is 567 g/mol. The molecule has 2 heterocycles. The second kappa shape index (κ2) is 10.6. The van der Waals surface area contributed by atoms with Crippen molar-refractivity contribution in [2.45, 2.75) is 63.2 Å². The molecule has 12 heteroatoms. The molecule has 1 aliphatic heterocycles. The van der Waals surface area contributed by atoms with Crippen LogP contribution in [0.25, 0.3) is 10.9 Å². The van der Waals surface area contributed by atoms with Gasteiger partial charge in [0.25, 0.3) is 5.91 Å². The molecular formula is C27H29ClF3N3O5. The first kappa shape index (κ1) is 27.6. The fraction of sp³-hybridized carbons (Fsp3) is 0.556. The minimum absolute atomic E-state index is 0.00327. The molecule has 5 atom stereocenters. The molecule has 3 fully saturated rings. The molecule has 210 valence electrons. The Bertz CT molecular complexity index is 1330. The minimum atomic E-state index is -4.62. The number of H-pyrrole nitrogens is 1. The zero-order valence-corrected chi connectivity index (χ0v) is 21.8. The largest absolute Gasteiger partial charge is 0.416 e. The van der Waals surface area contributed by atoms with Crippen molar-refractivity contribution in [3.8, 4) is 0 Å². The lowest BCUT2D eigenvalue weighted by atomic mass is 9.91. The summed E-state index contributed by atoms with van der Waals surface area (Å²) in [6.07, 6.45) is -0.353.